The maximum atomic E-state index is 12.5. The second-order valence-electron chi connectivity index (χ2n) is 8.72. The van der Waals surface area contributed by atoms with Gasteiger partial charge in [0.2, 0.25) is 0 Å². The van der Waals surface area contributed by atoms with Gasteiger partial charge in [-0.25, -0.2) is 0 Å². The minimum absolute atomic E-state index is 0.0350. The molecule has 0 unspecified atom stereocenters. The van der Waals surface area contributed by atoms with Gasteiger partial charge in [-0.15, -0.1) is 0 Å². The molecule has 0 aromatic heterocycles. The van der Waals surface area contributed by atoms with Crippen molar-refractivity contribution >= 4 is 5.91 Å². The number of ether oxygens (including phenoxy) is 1. The predicted molar refractivity (Wildman–Crippen MR) is 114 cm³/mol. The Labute approximate surface area is 168 Å². The van der Waals surface area contributed by atoms with Crippen LogP contribution in [0.25, 0.3) is 0 Å². The molecule has 150 valence electrons. The Morgan fingerprint density at radius 1 is 1.07 bits per heavy atom. The Kier molecular flexibility index (Phi) is 6.40. The lowest BCUT2D eigenvalue weighted by Gasteiger charge is -2.36. The average molecular weight is 381 g/mol. The van der Waals surface area contributed by atoms with Crippen LogP contribution >= 0.6 is 0 Å². The summed E-state index contributed by atoms with van der Waals surface area (Å²) >= 11 is 0. The van der Waals surface area contributed by atoms with E-state index in [0.29, 0.717) is 6.04 Å². The van der Waals surface area contributed by atoms with Crippen LogP contribution in [0.2, 0.25) is 0 Å². The summed E-state index contributed by atoms with van der Waals surface area (Å²) in [5.74, 6) is 0.926. The van der Waals surface area contributed by atoms with Gasteiger partial charge in [0, 0.05) is 17.6 Å². The van der Waals surface area contributed by atoms with Crippen molar-refractivity contribution in [1.82, 2.24) is 10.6 Å². The van der Waals surface area contributed by atoms with E-state index in [4.69, 9.17) is 4.74 Å². The van der Waals surface area contributed by atoms with E-state index < -0.39 is 0 Å². The zero-order chi connectivity index (χ0) is 20.1. The molecule has 0 atom stereocenters. The van der Waals surface area contributed by atoms with Gasteiger partial charge >= 0.3 is 0 Å². The van der Waals surface area contributed by atoms with Gasteiger partial charge in [0.25, 0.3) is 5.91 Å². The van der Waals surface area contributed by atoms with Crippen molar-refractivity contribution in [2.45, 2.75) is 57.5 Å². The van der Waals surface area contributed by atoms with Crippen LogP contribution in [0.3, 0.4) is 0 Å². The minimum atomic E-state index is 0.0350. The van der Waals surface area contributed by atoms with E-state index in [2.05, 4.69) is 49.6 Å². The number of hydrogen-bond acceptors (Lipinski definition) is 3. The third-order valence-electron chi connectivity index (χ3n) is 5.47. The van der Waals surface area contributed by atoms with Crippen molar-refractivity contribution in [2.75, 3.05) is 13.7 Å². The molecule has 1 fully saturated rings. The molecule has 0 aliphatic heterocycles. The standard InChI is InChI=1S/C24H32N2O2/c1-24(2,3)19-7-5-6-18(14-19)23(27)26-21-15-20(16-21)25-13-12-17-8-10-22(28-4)11-9-17/h5-11,14,20-21,25H,12-13,15-16H2,1-4H3,(H,26,27). The maximum absolute atomic E-state index is 12.5. The minimum Gasteiger partial charge on any atom is -0.497 e. The Morgan fingerprint density at radius 2 is 1.79 bits per heavy atom. The summed E-state index contributed by atoms with van der Waals surface area (Å²) in [6.07, 6.45) is 2.98. The highest BCUT2D eigenvalue weighted by Gasteiger charge is 2.30. The number of carbonyl (C=O) groups is 1. The molecular formula is C24H32N2O2. The van der Waals surface area contributed by atoms with E-state index >= 15 is 0 Å². The van der Waals surface area contributed by atoms with Crippen LogP contribution in [0.1, 0.15) is 55.1 Å². The Hall–Kier alpha value is -2.33. The van der Waals surface area contributed by atoms with Gasteiger partial charge in [0.05, 0.1) is 7.11 Å². The van der Waals surface area contributed by atoms with Crippen LogP contribution in [0, 0.1) is 0 Å². The lowest BCUT2D eigenvalue weighted by Crippen LogP contribution is -2.52. The van der Waals surface area contributed by atoms with Crippen molar-refractivity contribution < 1.29 is 9.53 Å². The van der Waals surface area contributed by atoms with Crippen LogP contribution in [-0.2, 0) is 11.8 Å². The Morgan fingerprint density at radius 3 is 2.43 bits per heavy atom. The summed E-state index contributed by atoms with van der Waals surface area (Å²) < 4.78 is 5.19. The maximum Gasteiger partial charge on any atom is 0.251 e. The van der Waals surface area contributed by atoms with E-state index in [1.54, 1.807) is 7.11 Å². The van der Waals surface area contributed by atoms with E-state index in [0.717, 1.165) is 37.1 Å². The molecule has 1 aliphatic carbocycles. The number of carbonyl (C=O) groups excluding carboxylic acids is 1. The first-order valence-electron chi connectivity index (χ1n) is 10.1. The topological polar surface area (TPSA) is 50.4 Å². The van der Waals surface area contributed by atoms with Gasteiger partial charge in [-0.3, -0.25) is 4.79 Å². The van der Waals surface area contributed by atoms with E-state index in [9.17, 15) is 4.79 Å². The highest BCUT2D eigenvalue weighted by Crippen LogP contribution is 2.24. The highest BCUT2D eigenvalue weighted by atomic mass is 16.5. The van der Waals surface area contributed by atoms with Gasteiger partial charge in [-0.2, -0.15) is 0 Å². The summed E-state index contributed by atoms with van der Waals surface area (Å²) in [5, 5.41) is 6.75. The Balaban J connectivity index is 1.39. The molecule has 2 N–H and O–H groups in total. The van der Waals surface area contributed by atoms with Gasteiger partial charge in [-0.1, -0.05) is 45.0 Å². The van der Waals surface area contributed by atoms with Crippen LogP contribution < -0.4 is 15.4 Å². The van der Waals surface area contributed by atoms with Crippen molar-refractivity contribution in [1.29, 1.82) is 0 Å². The van der Waals surface area contributed by atoms with Crippen LogP contribution in [-0.4, -0.2) is 31.6 Å². The second kappa shape index (κ2) is 8.78. The number of nitrogens with one attached hydrogen (secondary N) is 2. The van der Waals surface area contributed by atoms with E-state index in [-0.39, 0.29) is 17.4 Å². The summed E-state index contributed by atoms with van der Waals surface area (Å²) in [6, 6.07) is 16.9. The molecule has 2 aromatic rings. The Bertz CT molecular complexity index is 787. The molecule has 1 saturated carbocycles. The number of rotatable bonds is 7. The fourth-order valence-corrected chi connectivity index (χ4v) is 3.51. The monoisotopic (exact) mass is 380 g/mol. The van der Waals surface area contributed by atoms with Gasteiger partial charge in [0.15, 0.2) is 0 Å². The summed E-state index contributed by atoms with van der Waals surface area (Å²) in [6.45, 7) is 7.44. The molecular weight excluding hydrogens is 348 g/mol. The van der Waals surface area contributed by atoms with Crippen LogP contribution in [0.5, 0.6) is 5.75 Å². The number of methoxy groups -OCH3 is 1. The average Bonchev–Trinajstić information content (AvgIpc) is 2.65. The lowest BCUT2D eigenvalue weighted by atomic mass is 9.85. The fourth-order valence-electron chi connectivity index (χ4n) is 3.51. The number of benzene rings is 2. The lowest BCUT2D eigenvalue weighted by molar-refractivity contribution is 0.0902. The molecule has 1 amide bonds. The summed E-state index contributed by atoms with van der Waals surface area (Å²) in [5.41, 5.74) is 3.29. The quantitative estimate of drug-likeness (QED) is 0.761. The van der Waals surface area contributed by atoms with E-state index in [1.165, 1.54) is 11.1 Å². The second-order valence-corrected chi connectivity index (χ2v) is 8.72. The molecule has 4 heteroatoms. The smallest absolute Gasteiger partial charge is 0.251 e. The number of amides is 1. The third-order valence-corrected chi connectivity index (χ3v) is 5.47. The molecule has 2 aromatic carbocycles. The first kappa shape index (κ1) is 20.4. The van der Waals surface area contributed by atoms with Crippen molar-refractivity contribution in [2.24, 2.45) is 0 Å². The molecule has 0 spiro atoms. The van der Waals surface area contributed by atoms with Crippen LogP contribution in [0.15, 0.2) is 48.5 Å². The molecule has 0 saturated heterocycles. The number of hydrogen-bond donors (Lipinski definition) is 2. The molecule has 0 heterocycles. The highest BCUT2D eigenvalue weighted by molar-refractivity contribution is 5.94. The molecule has 4 nitrogen and oxygen atoms in total. The molecule has 3 rings (SSSR count). The molecule has 28 heavy (non-hydrogen) atoms. The first-order valence-corrected chi connectivity index (χ1v) is 10.1. The SMILES string of the molecule is COc1ccc(CCNC2CC(NC(=O)c3cccc(C(C)(C)C)c3)C2)cc1. The third kappa shape index (κ3) is 5.35. The molecule has 0 radical (unpaired) electrons. The fraction of sp³-hybridized carbons (Fsp3) is 0.458. The predicted octanol–water partition coefficient (Wildman–Crippen LogP) is 4.09. The molecule has 1 aliphatic rings. The van der Waals surface area contributed by atoms with E-state index in [1.807, 2.05) is 30.3 Å². The first-order chi connectivity index (χ1) is 13.3. The zero-order valence-electron chi connectivity index (χ0n) is 17.4. The van der Waals surface area contributed by atoms with Crippen molar-refractivity contribution in [3.05, 3.63) is 65.2 Å². The zero-order valence-corrected chi connectivity index (χ0v) is 17.4. The summed E-state index contributed by atoms with van der Waals surface area (Å²) in [7, 11) is 1.68. The van der Waals surface area contributed by atoms with Crippen molar-refractivity contribution in [3.8, 4) is 5.75 Å². The van der Waals surface area contributed by atoms with Gasteiger partial charge in [-0.05, 0) is 66.6 Å². The largest absolute Gasteiger partial charge is 0.497 e. The van der Waals surface area contributed by atoms with Gasteiger partial charge < -0.3 is 15.4 Å². The van der Waals surface area contributed by atoms with Crippen LogP contribution in [0.4, 0.5) is 0 Å². The van der Waals surface area contributed by atoms with Gasteiger partial charge in [0.1, 0.15) is 5.75 Å². The van der Waals surface area contributed by atoms with Crippen molar-refractivity contribution in [3.63, 3.8) is 0 Å². The summed E-state index contributed by atoms with van der Waals surface area (Å²) in [4.78, 5) is 12.5. The normalized spacial score (nSPS) is 19.0. The molecule has 0 bridgehead atoms.